The van der Waals surface area contributed by atoms with Gasteiger partial charge in [-0.1, -0.05) is 13.8 Å². The summed E-state index contributed by atoms with van der Waals surface area (Å²) in [6.07, 6.45) is 0.0532. The first-order valence-corrected chi connectivity index (χ1v) is 3.51. The highest BCUT2D eigenvalue weighted by Gasteiger charge is 2.03. The highest BCUT2D eigenvalue weighted by molar-refractivity contribution is 5.82. The molecular formula is C8H13NO3. The van der Waals surface area contributed by atoms with Crippen molar-refractivity contribution >= 4 is 11.8 Å². The number of aliphatic carboxylic acids is 1. The Bertz CT molecular complexity index is 187. The largest absolute Gasteiger partial charge is 0.481 e. The maximum absolute atomic E-state index is 10.5. The molecule has 0 saturated heterocycles. The van der Waals surface area contributed by atoms with Crippen LogP contribution in [0.5, 0.6) is 0 Å². The molecule has 4 nitrogen and oxygen atoms in total. The van der Waals surface area contributed by atoms with E-state index in [4.69, 9.17) is 15.2 Å². The number of rotatable bonds is 2. The maximum Gasteiger partial charge on any atom is 0.300 e. The van der Waals surface area contributed by atoms with Crippen LogP contribution in [-0.2, 0) is 9.59 Å². The summed E-state index contributed by atoms with van der Waals surface area (Å²) in [6.45, 7) is 4.67. The zero-order valence-electron chi connectivity index (χ0n) is 7.50. The molecule has 0 aliphatic carbocycles. The van der Waals surface area contributed by atoms with E-state index in [2.05, 4.69) is 0 Å². The first-order chi connectivity index (χ1) is 5.41. The lowest BCUT2D eigenvalue weighted by atomic mass is 10.1. The molecule has 0 aliphatic rings. The molecule has 0 spiro atoms. The summed E-state index contributed by atoms with van der Waals surface area (Å²) < 4.78 is 0. The second-order valence-electron chi connectivity index (χ2n) is 2.47. The molecule has 0 radical (unpaired) electrons. The molecule has 4 heteroatoms. The van der Waals surface area contributed by atoms with Gasteiger partial charge in [-0.05, 0) is 0 Å². The van der Waals surface area contributed by atoms with E-state index in [0.717, 1.165) is 6.92 Å². The van der Waals surface area contributed by atoms with Crippen LogP contribution in [0.3, 0.4) is 0 Å². The molecule has 12 heavy (non-hydrogen) atoms. The summed E-state index contributed by atoms with van der Waals surface area (Å²) in [5.74, 6) is -0.804. The van der Waals surface area contributed by atoms with Gasteiger partial charge in [0, 0.05) is 12.8 Å². The fourth-order valence-electron chi connectivity index (χ4n) is 0.282. The predicted octanol–water partition coefficient (Wildman–Crippen LogP) is 1.22. The highest BCUT2D eigenvalue weighted by atomic mass is 16.4. The van der Waals surface area contributed by atoms with E-state index in [1.54, 1.807) is 19.9 Å². The first-order valence-electron chi connectivity index (χ1n) is 3.51. The zero-order valence-corrected chi connectivity index (χ0v) is 7.50. The van der Waals surface area contributed by atoms with Crippen molar-refractivity contribution in [2.75, 3.05) is 0 Å². The monoisotopic (exact) mass is 171 g/mol. The van der Waals surface area contributed by atoms with Crippen molar-refractivity contribution in [2.45, 2.75) is 27.2 Å². The maximum atomic E-state index is 10.5. The quantitative estimate of drug-likeness (QED) is 0.677. The zero-order chi connectivity index (χ0) is 10.1. The predicted molar refractivity (Wildman–Crippen MR) is 43.4 cm³/mol. The van der Waals surface area contributed by atoms with Crippen molar-refractivity contribution in [3.05, 3.63) is 0 Å². The Balaban J connectivity index is 0. The van der Waals surface area contributed by atoms with Crippen LogP contribution in [-0.4, -0.2) is 16.9 Å². The summed E-state index contributed by atoms with van der Waals surface area (Å²) >= 11 is 0. The van der Waals surface area contributed by atoms with Gasteiger partial charge in [-0.3, -0.25) is 9.59 Å². The van der Waals surface area contributed by atoms with E-state index >= 15 is 0 Å². The van der Waals surface area contributed by atoms with Gasteiger partial charge in [0.15, 0.2) is 0 Å². The molecule has 0 aromatic heterocycles. The molecule has 0 atom stereocenters. The number of carboxylic acid groups (broad SMARTS) is 1. The number of Topliss-reactive ketones (excluding diaryl/α,β-unsaturated/α-hetero) is 1. The Labute approximate surface area is 71.8 Å². The van der Waals surface area contributed by atoms with Crippen LogP contribution in [0.15, 0.2) is 0 Å². The molecule has 0 amide bonds. The lowest BCUT2D eigenvalue weighted by Gasteiger charge is -1.94. The van der Waals surface area contributed by atoms with Crippen LogP contribution in [0.1, 0.15) is 27.2 Å². The third-order valence-corrected chi connectivity index (χ3v) is 0.897. The highest BCUT2D eigenvalue weighted by Crippen LogP contribution is 1.95. The van der Waals surface area contributed by atoms with Crippen LogP contribution in [0, 0.1) is 17.2 Å². The summed E-state index contributed by atoms with van der Waals surface area (Å²) in [6, 6.07) is 1.80. The normalized spacial score (nSPS) is 7.92. The van der Waals surface area contributed by atoms with Crippen LogP contribution in [0.25, 0.3) is 0 Å². The Kier molecular flexibility index (Phi) is 8.53. The molecule has 68 valence electrons. The van der Waals surface area contributed by atoms with Crippen LogP contribution in [0.4, 0.5) is 0 Å². The second-order valence-corrected chi connectivity index (χ2v) is 2.47. The molecule has 0 rings (SSSR count). The minimum absolute atomic E-state index is 0.00894. The Morgan fingerprint density at radius 1 is 1.50 bits per heavy atom. The van der Waals surface area contributed by atoms with Crippen molar-refractivity contribution in [3.63, 3.8) is 0 Å². The van der Waals surface area contributed by atoms with Crippen molar-refractivity contribution in [1.29, 1.82) is 5.26 Å². The number of nitriles is 1. The summed E-state index contributed by atoms with van der Waals surface area (Å²) in [7, 11) is 0. The number of nitrogens with zero attached hydrogens (tertiary/aromatic N) is 1. The molecule has 0 fully saturated rings. The number of carbonyl (C=O) groups excluding carboxylic acids is 1. The number of carboxylic acids is 1. The molecule has 0 aliphatic heterocycles. The molecule has 0 aromatic carbocycles. The lowest BCUT2D eigenvalue weighted by molar-refractivity contribution is -0.134. The third-order valence-electron chi connectivity index (χ3n) is 0.897. The van der Waals surface area contributed by atoms with E-state index in [1.807, 2.05) is 0 Å². The molecule has 0 bridgehead atoms. The smallest absolute Gasteiger partial charge is 0.300 e. The van der Waals surface area contributed by atoms with E-state index < -0.39 is 5.97 Å². The molecular weight excluding hydrogens is 158 g/mol. The number of hydrogen-bond acceptors (Lipinski definition) is 3. The molecule has 0 aromatic rings. The molecule has 0 saturated carbocycles. The van der Waals surface area contributed by atoms with Gasteiger partial charge in [0.25, 0.3) is 5.97 Å². The Morgan fingerprint density at radius 3 is 1.92 bits per heavy atom. The number of carbonyl (C=O) groups is 2. The van der Waals surface area contributed by atoms with Gasteiger partial charge in [0.1, 0.15) is 5.78 Å². The summed E-state index contributed by atoms with van der Waals surface area (Å²) in [4.78, 5) is 19.5. The topological polar surface area (TPSA) is 78.2 Å². The Hall–Kier alpha value is -1.37. The minimum Gasteiger partial charge on any atom is -0.481 e. The molecule has 1 N–H and O–H groups in total. The van der Waals surface area contributed by atoms with Crippen molar-refractivity contribution in [2.24, 2.45) is 5.92 Å². The SMILES string of the molecule is CC(=O)O.CC(C)C(=O)CC#N. The summed E-state index contributed by atoms with van der Waals surface area (Å²) in [5, 5.41) is 15.4. The van der Waals surface area contributed by atoms with Gasteiger partial charge in [-0.2, -0.15) is 5.26 Å². The summed E-state index contributed by atoms with van der Waals surface area (Å²) in [5.41, 5.74) is 0. The van der Waals surface area contributed by atoms with Crippen molar-refractivity contribution in [1.82, 2.24) is 0 Å². The van der Waals surface area contributed by atoms with E-state index in [-0.39, 0.29) is 18.1 Å². The van der Waals surface area contributed by atoms with Gasteiger partial charge < -0.3 is 5.11 Å². The van der Waals surface area contributed by atoms with Gasteiger partial charge in [0.2, 0.25) is 0 Å². The van der Waals surface area contributed by atoms with E-state index in [1.165, 1.54) is 0 Å². The average molecular weight is 171 g/mol. The van der Waals surface area contributed by atoms with E-state index in [0.29, 0.717) is 0 Å². The van der Waals surface area contributed by atoms with E-state index in [9.17, 15) is 4.79 Å². The average Bonchev–Trinajstić information content (AvgIpc) is 1.86. The van der Waals surface area contributed by atoms with Crippen LogP contribution >= 0.6 is 0 Å². The standard InChI is InChI=1S/C6H9NO.C2H4O2/c1-5(2)6(8)3-4-7;1-2(3)4/h5H,3H2,1-2H3;1H3,(H,3,4). The van der Waals surface area contributed by atoms with Crippen LogP contribution < -0.4 is 0 Å². The van der Waals surface area contributed by atoms with Gasteiger partial charge in [-0.15, -0.1) is 0 Å². The van der Waals surface area contributed by atoms with Gasteiger partial charge in [-0.25, -0.2) is 0 Å². The van der Waals surface area contributed by atoms with Crippen LogP contribution in [0.2, 0.25) is 0 Å². The third kappa shape index (κ3) is 15.9. The minimum atomic E-state index is -0.833. The fraction of sp³-hybridized carbons (Fsp3) is 0.625. The van der Waals surface area contributed by atoms with Crippen molar-refractivity contribution < 1.29 is 14.7 Å². The lowest BCUT2D eigenvalue weighted by Crippen LogP contribution is -2.04. The second kappa shape index (κ2) is 7.73. The Morgan fingerprint density at radius 2 is 1.83 bits per heavy atom. The van der Waals surface area contributed by atoms with Gasteiger partial charge in [0.05, 0.1) is 12.5 Å². The molecule has 0 heterocycles. The first kappa shape index (κ1) is 13.2. The van der Waals surface area contributed by atoms with Crippen molar-refractivity contribution in [3.8, 4) is 6.07 Å². The number of ketones is 1. The molecule has 0 unspecified atom stereocenters. The van der Waals surface area contributed by atoms with Gasteiger partial charge >= 0.3 is 0 Å². The fourth-order valence-corrected chi connectivity index (χ4v) is 0.282. The number of hydrogen-bond donors (Lipinski definition) is 1.